The summed E-state index contributed by atoms with van der Waals surface area (Å²) in [6.07, 6.45) is 5.80. The zero-order chi connectivity index (χ0) is 25.4. The van der Waals surface area contributed by atoms with Gasteiger partial charge in [-0.25, -0.2) is 4.98 Å². The maximum atomic E-state index is 13.3. The van der Waals surface area contributed by atoms with Crippen LogP contribution in [0.5, 0.6) is 0 Å². The summed E-state index contributed by atoms with van der Waals surface area (Å²) < 4.78 is 2.47. The third-order valence-corrected chi connectivity index (χ3v) is 8.11. The summed E-state index contributed by atoms with van der Waals surface area (Å²) in [7, 11) is 0. The number of aryl methyl sites for hydroxylation is 1. The Hall–Kier alpha value is -4.29. The van der Waals surface area contributed by atoms with E-state index < -0.39 is 17.5 Å². The maximum Gasteiger partial charge on any atom is 0.286 e. The molecule has 37 heavy (non-hydrogen) atoms. The van der Waals surface area contributed by atoms with Gasteiger partial charge in [0.2, 0.25) is 10.9 Å². The third kappa shape index (κ3) is 4.52. The number of benzene rings is 1. The van der Waals surface area contributed by atoms with Crippen LogP contribution >= 0.6 is 22.7 Å². The maximum absolute atomic E-state index is 13.3. The highest BCUT2D eigenvalue weighted by Crippen LogP contribution is 2.27. The number of hydrogen-bond donors (Lipinski definition) is 2. The van der Waals surface area contributed by atoms with Gasteiger partial charge in [0.15, 0.2) is 0 Å². The summed E-state index contributed by atoms with van der Waals surface area (Å²) >= 11 is 2.71. The lowest BCUT2D eigenvalue weighted by Gasteiger charge is -2.15. The van der Waals surface area contributed by atoms with Crippen molar-refractivity contribution in [3.8, 4) is 10.6 Å². The van der Waals surface area contributed by atoms with E-state index in [0.29, 0.717) is 30.2 Å². The number of aromatic nitrogens is 5. The minimum absolute atomic E-state index is 0.0121. The summed E-state index contributed by atoms with van der Waals surface area (Å²) in [5, 5.41) is 15.3. The lowest BCUT2D eigenvalue weighted by Crippen LogP contribution is -2.36. The minimum atomic E-state index is -0.700. The summed E-state index contributed by atoms with van der Waals surface area (Å²) in [5.41, 5.74) is 0.359. The number of thiophene rings is 1. The zero-order valence-electron chi connectivity index (χ0n) is 19.2. The summed E-state index contributed by atoms with van der Waals surface area (Å²) in [6, 6.07) is 12.6. The van der Waals surface area contributed by atoms with E-state index in [1.54, 1.807) is 23.7 Å². The minimum Gasteiger partial charge on any atom is -0.349 e. The highest BCUT2D eigenvalue weighted by molar-refractivity contribution is 7.19. The Morgan fingerprint density at radius 1 is 1.08 bits per heavy atom. The smallest absolute Gasteiger partial charge is 0.286 e. The van der Waals surface area contributed by atoms with Gasteiger partial charge in [0.25, 0.3) is 11.5 Å². The molecule has 1 atom stereocenters. The first-order chi connectivity index (χ1) is 18.1. The number of carbonyl (C=O) groups excluding carboxylic acids is 2. The average Bonchev–Trinajstić information content (AvgIpc) is 3.67. The fourth-order valence-electron chi connectivity index (χ4n) is 4.25. The molecule has 0 saturated carbocycles. The molecule has 5 aromatic rings. The van der Waals surface area contributed by atoms with Gasteiger partial charge in [-0.05, 0) is 18.6 Å². The second-order valence-corrected chi connectivity index (χ2v) is 10.5. The lowest BCUT2D eigenvalue weighted by atomic mass is 10.2. The second-order valence-electron chi connectivity index (χ2n) is 8.39. The summed E-state index contributed by atoms with van der Waals surface area (Å²) in [4.78, 5) is 48.5. The molecule has 0 bridgehead atoms. The Kier molecular flexibility index (Phi) is 6.02. The lowest BCUT2D eigenvalue weighted by molar-refractivity contribution is -0.124. The molecule has 0 spiro atoms. The van der Waals surface area contributed by atoms with Crippen molar-refractivity contribution < 1.29 is 9.59 Å². The van der Waals surface area contributed by atoms with Crippen molar-refractivity contribution in [3.63, 3.8) is 0 Å². The van der Waals surface area contributed by atoms with Crippen LogP contribution in [0.4, 0.5) is 5.69 Å². The zero-order valence-corrected chi connectivity index (χ0v) is 20.9. The second kappa shape index (κ2) is 9.64. The van der Waals surface area contributed by atoms with Crippen molar-refractivity contribution >= 4 is 50.3 Å². The number of fused-ring (bicyclic) bond motifs is 2. The van der Waals surface area contributed by atoms with Gasteiger partial charge in [0.05, 0.1) is 12.7 Å². The number of amides is 2. The molecule has 10 nitrogen and oxygen atoms in total. The Balaban J connectivity index is 1.17. The molecule has 0 aliphatic carbocycles. The number of carbonyl (C=O) groups is 2. The molecule has 184 valence electrons. The van der Waals surface area contributed by atoms with Gasteiger partial charge in [-0.15, -0.1) is 21.5 Å². The number of nitrogens with zero attached hydrogens (tertiary/aromatic N) is 5. The Bertz CT molecular complexity index is 1660. The van der Waals surface area contributed by atoms with Crippen LogP contribution < -0.4 is 16.2 Å². The fourth-order valence-corrected chi connectivity index (χ4v) is 5.96. The van der Waals surface area contributed by atoms with Crippen molar-refractivity contribution in [2.45, 2.75) is 25.4 Å². The first-order valence-electron chi connectivity index (χ1n) is 11.5. The molecule has 5 heterocycles. The van der Waals surface area contributed by atoms with E-state index in [4.69, 9.17) is 0 Å². The van der Waals surface area contributed by atoms with Crippen LogP contribution in [0.15, 0.2) is 65.8 Å². The summed E-state index contributed by atoms with van der Waals surface area (Å²) in [6.45, 7) is 0.351. The molecule has 6 rings (SSSR count). The summed E-state index contributed by atoms with van der Waals surface area (Å²) in [5.74, 6) is -0.311. The van der Waals surface area contributed by atoms with Crippen LogP contribution in [0.2, 0.25) is 0 Å². The van der Waals surface area contributed by atoms with Gasteiger partial charge in [-0.3, -0.25) is 23.9 Å². The van der Waals surface area contributed by atoms with Gasteiger partial charge in [0.1, 0.15) is 22.6 Å². The predicted molar refractivity (Wildman–Crippen MR) is 141 cm³/mol. The Labute approximate surface area is 218 Å². The van der Waals surface area contributed by atoms with Crippen molar-refractivity contribution in [2.24, 2.45) is 0 Å². The quantitative estimate of drug-likeness (QED) is 0.344. The van der Waals surface area contributed by atoms with Gasteiger partial charge < -0.3 is 10.6 Å². The molecule has 1 aliphatic rings. The fraction of sp³-hybridized carbons (Fsp3) is 0.160. The monoisotopic (exact) mass is 529 g/mol. The Morgan fingerprint density at radius 2 is 1.95 bits per heavy atom. The first-order valence-corrected chi connectivity index (χ1v) is 13.1. The van der Waals surface area contributed by atoms with E-state index in [2.05, 4.69) is 30.8 Å². The molecular formula is C25H19N7O3S2. The van der Waals surface area contributed by atoms with E-state index in [9.17, 15) is 14.4 Å². The van der Waals surface area contributed by atoms with E-state index >= 15 is 0 Å². The molecule has 12 heteroatoms. The largest absolute Gasteiger partial charge is 0.349 e. The highest BCUT2D eigenvalue weighted by Gasteiger charge is 2.31. The van der Waals surface area contributed by atoms with Crippen LogP contribution in [0.1, 0.15) is 33.0 Å². The van der Waals surface area contributed by atoms with Crippen LogP contribution in [0.3, 0.4) is 0 Å². The van der Waals surface area contributed by atoms with E-state index in [1.165, 1.54) is 10.8 Å². The molecule has 2 amide bonds. The molecule has 1 aliphatic heterocycles. The molecular weight excluding hydrogens is 510 g/mol. The van der Waals surface area contributed by atoms with Crippen molar-refractivity contribution in [3.05, 3.63) is 87.1 Å². The molecule has 0 fully saturated rings. The van der Waals surface area contributed by atoms with E-state index in [-0.39, 0.29) is 16.6 Å². The standard InChI is InChI=1S/C25H19N7O3S2/c33-21(28-12-16-10-15-11-26-9-8-19(15)36-16)18-6-7-20-27-13-17(25(35)32(18)20)29-22(34)24-31-30-23(37-24)14-4-2-1-3-5-14/h1-5,8-11,13,18H,6-7,12H2,(H,28,33)(H,29,34)/t18-/m0/s1. The van der Waals surface area contributed by atoms with Gasteiger partial charge in [-0.2, -0.15) is 0 Å². The van der Waals surface area contributed by atoms with Crippen LogP contribution in [-0.4, -0.2) is 36.5 Å². The van der Waals surface area contributed by atoms with Gasteiger partial charge in [0, 0.05) is 39.3 Å². The van der Waals surface area contributed by atoms with Crippen LogP contribution in [-0.2, 0) is 17.8 Å². The molecule has 0 unspecified atom stereocenters. The van der Waals surface area contributed by atoms with Gasteiger partial charge >= 0.3 is 0 Å². The third-order valence-electron chi connectivity index (χ3n) is 6.02. The number of anilines is 1. The average molecular weight is 530 g/mol. The molecule has 0 saturated heterocycles. The molecule has 4 aromatic heterocycles. The van der Waals surface area contributed by atoms with Crippen molar-refractivity contribution in [2.75, 3.05) is 5.32 Å². The number of hydrogen-bond acceptors (Lipinski definition) is 9. The van der Waals surface area contributed by atoms with Crippen molar-refractivity contribution in [1.82, 2.24) is 30.0 Å². The number of rotatable bonds is 6. The first kappa shape index (κ1) is 23.1. The topological polar surface area (TPSA) is 132 Å². The van der Waals surface area contributed by atoms with E-state index in [1.807, 2.05) is 42.5 Å². The number of pyridine rings is 1. The SMILES string of the molecule is O=C(Nc1cnc2n(c1=O)[C@H](C(=O)NCc1cc3cnccc3s1)CC2)c1nnc(-c2ccccc2)s1. The normalized spacial score (nSPS) is 14.4. The number of nitrogens with one attached hydrogen (secondary N) is 2. The van der Waals surface area contributed by atoms with E-state index in [0.717, 1.165) is 31.9 Å². The highest BCUT2D eigenvalue weighted by atomic mass is 32.1. The predicted octanol–water partition coefficient (Wildman–Crippen LogP) is 3.43. The van der Waals surface area contributed by atoms with Gasteiger partial charge in [-0.1, -0.05) is 41.7 Å². The molecule has 2 N–H and O–H groups in total. The van der Waals surface area contributed by atoms with Crippen LogP contribution in [0.25, 0.3) is 20.7 Å². The molecule has 0 radical (unpaired) electrons. The Morgan fingerprint density at radius 3 is 2.78 bits per heavy atom. The molecule has 1 aromatic carbocycles. The van der Waals surface area contributed by atoms with Crippen LogP contribution in [0, 0.1) is 0 Å². The van der Waals surface area contributed by atoms with Crippen molar-refractivity contribution in [1.29, 1.82) is 0 Å².